The minimum atomic E-state index is 0.780. The molecule has 0 aliphatic heterocycles. The van der Waals surface area contributed by atoms with Crippen LogP contribution in [0.3, 0.4) is 0 Å². The van der Waals surface area contributed by atoms with Gasteiger partial charge in [0, 0.05) is 29.2 Å². The van der Waals surface area contributed by atoms with Crippen LogP contribution in [-0.4, -0.2) is 14.2 Å². The summed E-state index contributed by atoms with van der Waals surface area (Å²) in [7, 11) is 3.33. The first-order valence-corrected chi connectivity index (χ1v) is 9.25. The van der Waals surface area contributed by atoms with Gasteiger partial charge < -0.3 is 14.4 Å². The molecule has 3 rings (SSSR count). The molecule has 0 bridgehead atoms. The maximum absolute atomic E-state index is 5.47. The number of hydrogen-bond acceptors (Lipinski definition) is 3. The predicted molar refractivity (Wildman–Crippen MR) is 110 cm³/mol. The van der Waals surface area contributed by atoms with Gasteiger partial charge in [0.2, 0.25) is 0 Å². The van der Waals surface area contributed by atoms with Gasteiger partial charge in [0.1, 0.15) is 11.5 Å². The van der Waals surface area contributed by atoms with Crippen molar-refractivity contribution in [1.82, 2.24) is 0 Å². The highest BCUT2D eigenvalue weighted by atomic mass is 79.9. The van der Waals surface area contributed by atoms with Gasteiger partial charge in [-0.15, -0.1) is 0 Å². The average molecular weight is 463 g/mol. The summed E-state index contributed by atoms with van der Waals surface area (Å²) in [5.41, 5.74) is 3.04. The van der Waals surface area contributed by atoms with Crippen LogP contribution < -0.4 is 14.4 Å². The van der Waals surface area contributed by atoms with Crippen molar-refractivity contribution in [2.45, 2.75) is 0 Å². The second-order valence-corrected chi connectivity index (χ2v) is 7.02. The Labute approximate surface area is 164 Å². The quantitative estimate of drug-likeness (QED) is 0.421. The van der Waals surface area contributed by atoms with Crippen LogP contribution in [-0.2, 0) is 0 Å². The highest BCUT2D eigenvalue weighted by Crippen LogP contribution is 2.40. The van der Waals surface area contributed by atoms with E-state index >= 15 is 0 Å². The number of halogens is 2. The van der Waals surface area contributed by atoms with Gasteiger partial charge in [-0.1, -0.05) is 18.2 Å². The number of nitrogens with zero attached hydrogens (tertiary/aromatic N) is 1. The predicted octanol–water partition coefficient (Wildman–Crippen LogP) is 6.70. The summed E-state index contributed by atoms with van der Waals surface area (Å²) in [6, 6.07) is 22.3. The lowest BCUT2D eigenvalue weighted by Crippen LogP contribution is -2.10. The molecule has 0 unspecified atom stereocenters. The Kier molecular flexibility index (Phi) is 5.66. The number of rotatable bonds is 5. The van der Waals surface area contributed by atoms with Gasteiger partial charge >= 0.3 is 0 Å². The summed E-state index contributed by atoms with van der Waals surface area (Å²) in [5, 5.41) is 0. The summed E-state index contributed by atoms with van der Waals surface area (Å²) in [6.07, 6.45) is 0. The van der Waals surface area contributed by atoms with Gasteiger partial charge in [-0.2, -0.15) is 0 Å². The van der Waals surface area contributed by atoms with Gasteiger partial charge in [-0.25, -0.2) is 0 Å². The molecule has 25 heavy (non-hydrogen) atoms. The van der Waals surface area contributed by atoms with Gasteiger partial charge in [-0.05, 0) is 68.3 Å². The summed E-state index contributed by atoms with van der Waals surface area (Å²) in [5.74, 6) is 1.56. The van der Waals surface area contributed by atoms with Crippen LogP contribution in [0.4, 0.5) is 17.1 Å². The van der Waals surface area contributed by atoms with Crippen molar-refractivity contribution >= 4 is 48.9 Å². The second-order valence-electron chi connectivity index (χ2n) is 5.31. The zero-order valence-corrected chi connectivity index (χ0v) is 17.0. The van der Waals surface area contributed by atoms with E-state index in [0.29, 0.717) is 0 Å². The first kappa shape index (κ1) is 17.8. The van der Waals surface area contributed by atoms with Crippen molar-refractivity contribution in [3.63, 3.8) is 0 Å². The van der Waals surface area contributed by atoms with Crippen LogP contribution in [0, 0.1) is 0 Å². The van der Waals surface area contributed by atoms with E-state index in [1.165, 1.54) is 0 Å². The maximum Gasteiger partial charge on any atom is 0.135 e. The fourth-order valence-electron chi connectivity index (χ4n) is 2.60. The molecule has 3 aromatic rings. The standard InChI is InChI=1S/C20H17Br2NO2/c1-24-19-12-15(8-10-17(19)21)23(14-6-4-3-5-7-14)16-9-11-18(22)20(13-16)25-2/h3-13H,1-2H3. The smallest absolute Gasteiger partial charge is 0.135 e. The molecule has 0 aromatic heterocycles. The van der Waals surface area contributed by atoms with Crippen molar-refractivity contribution in [2.24, 2.45) is 0 Å². The number of ether oxygens (including phenoxy) is 2. The topological polar surface area (TPSA) is 21.7 Å². The molecule has 0 atom stereocenters. The lowest BCUT2D eigenvalue weighted by molar-refractivity contribution is 0.412. The number of hydrogen-bond donors (Lipinski definition) is 0. The normalized spacial score (nSPS) is 10.4. The van der Waals surface area contributed by atoms with Gasteiger partial charge in [0.05, 0.1) is 23.2 Å². The van der Waals surface area contributed by atoms with E-state index in [0.717, 1.165) is 37.5 Å². The molecule has 0 amide bonds. The number of methoxy groups -OCH3 is 2. The lowest BCUT2D eigenvalue weighted by atomic mass is 10.2. The second kappa shape index (κ2) is 7.93. The zero-order valence-electron chi connectivity index (χ0n) is 13.9. The fourth-order valence-corrected chi connectivity index (χ4v) is 3.42. The third kappa shape index (κ3) is 3.83. The maximum atomic E-state index is 5.47. The molecule has 0 saturated heterocycles. The number of para-hydroxylation sites is 1. The molecule has 0 aliphatic rings. The van der Waals surface area contributed by atoms with E-state index in [1.54, 1.807) is 14.2 Å². The monoisotopic (exact) mass is 461 g/mol. The molecule has 0 saturated carbocycles. The summed E-state index contributed by atoms with van der Waals surface area (Å²) < 4.78 is 12.8. The Morgan fingerprint density at radius 3 is 1.56 bits per heavy atom. The molecule has 0 radical (unpaired) electrons. The highest BCUT2D eigenvalue weighted by molar-refractivity contribution is 9.10. The molecule has 128 valence electrons. The Bertz CT molecular complexity index is 815. The van der Waals surface area contributed by atoms with E-state index < -0.39 is 0 Å². The Morgan fingerprint density at radius 2 is 1.12 bits per heavy atom. The van der Waals surface area contributed by atoms with Crippen LogP contribution in [0.25, 0.3) is 0 Å². The molecule has 5 heteroatoms. The summed E-state index contributed by atoms with van der Waals surface area (Å²) >= 11 is 7.03. The SMILES string of the molecule is COc1cc(N(c2ccccc2)c2ccc(Br)c(OC)c2)ccc1Br. The average Bonchev–Trinajstić information content (AvgIpc) is 2.65. The first-order valence-electron chi connectivity index (χ1n) is 7.66. The minimum Gasteiger partial charge on any atom is -0.495 e. The summed E-state index contributed by atoms with van der Waals surface area (Å²) in [4.78, 5) is 2.16. The molecule has 0 spiro atoms. The zero-order chi connectivity index (χ0) is 17.8. The van der Waals surface area contributed by atoms with E-state index in [2.05, 4.69) is 48.9 Å². The molecule has 3 aromatic carbocycles. The van der Waals surface area contributed by atoms with Crippen LogP contribution in [0.15, 0.2) is 75.7 Å². The molecular weight excluding hydrogens is 446 g/mol. The molecule has 0 fully saturated rings. The van der Waals surface area contributed by atoms with Crippen LogP contribution in [0.1, 0.15) is 0 Å². The van der Waals surface area contributed by atoms with Crippen LogP contribution in [0.5, 0.6) is 11.5 Å². The third-order valence-electron chi connectivity index (χ3n) is 3.80. The Hall–Kier alpha value is -1.98. The lowest BCUT2D eigenvalue weighted by Gasteiger charge is -2.26. The van der Waals surface area contributed by atoms with Crippen molar-refractivity contribution in [2.75, 3.05) is 19.1 Å². The first-order chi connectivity index (χ1) is 12.1. The van der Waals surface area contributed by atoms with Crippen LogP contribution >= 0.6 is 31.9 Å². The van der Waals surface area contributed by atoms with Gasteiger partial charge in [-0.3, -0.25) is 0 Å². The van der Waals surface area contributed by atoms with Crippen molar-refractivity contribution in [3.05, 3.63) is 75.7 Å². The minimum absolute atomic E-state index is 0.780. The molecular formula is C20H17Br2NO2. The Morgan fingerprint density at radius 1 is 0.640 bits per heavy atom. The molecule has 0 aliphatic carbocycles. The van der Waals surface area contributed by atoms with Gasteiger partial charge in [0.25, 0.3) is 0 Å². The van der Waals surface area contributed by atoms with Crippen molar-refractivity contribution < 1.29 is 9.47 Å². The van der Waals surface area contributed by atoms with E-state index in [1.807, 2.05) is 54.6 Å². The highest BCUT2D eigenvalue weighted by Gasteiger charge is 2.15. The third-order valence-corrected chi connectivity index (χ3v) is 5.11. The molecule has 3 nitrogen and oxygen atoms in total. The largest absolute Gasteiger partial charge is 0.495 e. The number of anilines is 3. The van der Waals surface area contributed by atoms with E-state index in [-0.39, 0.29) is 0 Å². The Balaban J connectivity index is 2.17. The fraction of sp³-hybridized carbons (Fsp3) is 0.100. The van der Waals surface area contributed by atoms with Crippen molar-refractivity contribution in [1.29, 1.82) is 0 Å². The summed E-state index contributed by atoms with van der Waals surface area (Å²) in [6.45, 7) is 0. The molecule has 0 N–H and O–H groups in total. The molecule has 0 heterocycles. The number of benzene rings is 3. The van der Waals surface area contributed by atoms with Gasteiger partial charge in [0.15, 0.2) is 0 Å². The van der Waals surface area contributed by atoms with E-state index in [4.69, 9.17) is 9.47 Å². The van der Waals surface area contributed by atoms with Crippen LogP contribution in [0.2, 0.25) is 0 Å². The van der Waals surface area contributed by atoms with Crippen molar-refractivity contribution in [3.8, 4) is 11.5 Å². The van der Waals surface area contributed by atoms with E-state index in [9.17, 15) is 0 Å².